The molecule has 1 atom stereocenters. The monoisotopic (exact) mass is 457 g/mol. The highest BCUT2D eigenvalue weighted by Crippen LogP contribution is 2.30. The topological polar surface area (TPSA) is 117 Å². The van der Waals surface area contributed by atoms with E-state index in [4.69, 9.17) is 4.74 Å². The van der Waals surface area contributed by atoms with Crippen molar-refractivity contribution >= 4 is 41.3 Å². The zero-order chi connectivity index (χ0) is 24.8. The number of carbonyl (C=O) groups is 3. The lowest BCUT2D eigenvalue weighted by Crippen LogP contribution is -2.45. The summed E-state index contributed by atoms with van der Waals surface area (Å²) >= 11 is 0. The van der Waals surface area contributed by atoms with Crippen LogP contribution in [-0.4, -0.2) is 66.1 Å². The number of likely N-dealkylation sites (N-methyl/N-ethyl adjacent to an activating group) is 1. The van der Waals surface area contributed by atoms with E-state index in [1.54, 1.807) is 52.2 Å². The number of methoxy groups -OCH3 is 1. The van der Waals surface area contributed by atoms with Gasteiger partial charge in [-0.15, -0.1) is 11.5 Å². The van der Waals surface area contributed by atoms with Crippen LogP contribution in [0.2, 0.25) is 0 Å². The Morgan fingerprint density at radius 2 is 2.03 bits per heavy atom. The van der Waals surface area contributed by atoms with E-state index in [-0.39, 0.29) is 24.2 Å². The number of rotatable bonds is 8. The minimum absolute atomic E-state index is 0.0505. The highest BCUT2D eigenvalue weighted by molar-refractivity contribution is 6.19. The Bertz CT molecular complexity index is 1020. The van der Waals surface area contributed by atoms with Crippen molar-refractivity contribution in [1.82, 2.24) is 4.90 Å². The largest absolute Gasteiger partial charge is 0.453 e. The molecule has 0 aliphatic carbocycles. The van der Waals surface area contributed by atoms with Gasteiger partial charge in [-0.1, -0.05) is 6.08 Å². The molecule has 33 heavy (non-hydrogen) atoms. The molecule has 0 spiro atoms. The van der Waals surface area contributed by atoms with Crippen LogP contribution in [0.15, 0.2) is 42.1 Å². The summed E-state index contributed by atoms with van der Waals surface area (Å²) in [5.74, 6) is -0.301. The van der Waals surface area contributed by atoms with Crippen molar-refractivity contribution in [3.63, 3.8) is 0 Å². The van der Waals surface area contributed by atoms with E-state index >= 15 is 0 Å². The summed E-state index contributed by atoms with van der Waals surface area (Å²) in [7, 11) is 2.83. The predicted octanol–water partition coefficient (Wildman–Crippen LogP) is 4.08. The van der Waals surface area contributed by atoms with Crippen LogP contribution < -0.4 is 5.32 Å². The molecule has 0 fully saturated rings. The summed E-state index contributed by atoms with van der Waals surface area (Å²) in [6.07, 6.45) is 3.90. The van der Waals surface area contributed by atoms with E-state index in [0.717, 1.165) is 0 Å². The van der Waals surface area contributed by atoms with Gasteiger partial charge in [-0.25, -0.2) is 14.4 Å². The molecule has 1 aliphatic heterocycles. The Morgan fingerprint density at radius 1 is 1.33 bits per heavy atom. The van der Waals surface area contributed by atoms with Gasteiger partial charge in [0.1, 0.15) is 11.3 Å². The molecule has 1 heterocycles. The first-order chi connectivity index (χ1) is 15.5. The number of hydrogen-bond donors (Lipinski definition) is 1. The molecule has 3 amide bonds. The van der Waals surface area contributed by atoms with Crippen molar-refractivity contribution in [2.45, 2.75) is 38.8 Å². The van der Waals surface area contributed by atoms with E-state index in [0.29, 0.717) is 23.2 Å². The lowest BCUT2D eigenvalue weighted by Gasteiger charge is -2.28. The number of nitrogens with one attached hydrogen (secondary N) is 1. The highest BCUT2D eigenvalue weighted by atomic mass is 16.6. The number of benzene rings is 1. The summed E-state index contributed by atoms with van der Waals surface area (Å²) in [5, 5.41) is 5.47. The van der Waals surface area contributed by atoms with Crippen molar-refractivity contribution in [3.05, 3.63) is 47.4 Å². The van der Waals surface area contributed by atoms with E-state index in [1.807, 2.05) is 0 Å². The maximum Gasteiger partial charge on any atom is 0.413 e. The van der Waals surface area contributed by atoms with Crippen molar-refractivity contribution < 1.29 is 28.4 Å². The number of allylic oxidation sites excluding steroid dienone is 1. The number of carbonyl (C=O) groups excluding carboxylic acids is 3. The van der Waals surface area contributed by atoms with Gasteiger partial charge in [-0.2, -0.15) is 4.58 Å². The third-order valence-electron chi connectivity index (χ3n) is 4.77. The lowest BCUT2D eigenvalue weighted by molar-refractivity contribution is -0.442. The molecule has 1 aromatic rings. The van der Waals surface area contributed by atoms with E-state index in [1.165, 1.54) is 28.7 Å². The Hall–Kier alpha value is -3.82. The maximum atomic E-state index is 12.6. The summed E-state index contributed by atoms with van der Waals surface area (Å²) in [6.45, 7) is 9.27. The number of anilines is 1. The van der Waals surface area contributed by atoms with Crippen molar-refractivity contribution in [2.75, 3.05) is 26.0 Å². The summed E-state index contributed by atoms with van der Waals surface area (Å²) < 4.78 is 11.4. The smallest absolute Gasteiger partial charge is 0.413 e. The van der Waals surface area contributed by atoms with Crippen LogP contribution >= 0.6 is 0 Å². The molecular weight excluding hydrogens is 428 g/mol. The summed E-state index contributed by atoms with van der Waals surface area (Å²) in [5.41, 5.74) is 0.636. The zero-order valence-electron chi connectivity index (χ0n) is 19.5. The second-order valence-electron chi connectivity index (χ2n) is 8.43. The van der Waals surface area contributed by atoms with E-state index in [2.05, 4.69) is 21.8 Å². The number of nitrogens with zero attached hydrogens (tertiary/aromatic N) is 3. The molecule has 0 bridgehead atoms. The summed E-state index contributed by atoms with van der Waals surface area (Å²) in [6, 6.07) is 4.16. The number of ether oxygens (including phenoxy) is 2. The van der Waals surface area contributed by atoms with Gasteiger partial charge in [0, 0.05) is 18.3 Å². The van der Waals surface area contributed by atoms with Gasteiger partial charge >= 0.3 is 18.1 Å². The fourth-order valence-electron chi connectivity index (χ4n) is 3.13. The Kier molecular flexibility index (Phi) is 8.22. The molecule has 176 valence electrons. The number of amides is 3. The minimum atomic E-state index is -0.685. The zero-order valence-corrected chi connectivity index (χ0v) is 19.5. The van der Waals surface area contributed by atoms with Gasteiger partial charge in [0.25, 0.3) is 0 Å². The average Bonchev–Trinajstić information content (AvgIpc) is 3.11. The first kappa shape index (κ1) is 25.4. The molecule has 1 unspecified atom stereocenters. The molecule has 0 saturated heterocycles. The molecular formula is C23H29N4O6+. The minimum Gasteiger partial charge on any atom is -0.453 e. The lowest BCUT2D eigenvalue weighted by atomic mass is 10.0. The average molecular weight is 458 g/mol. The van der Waals surface area contributed by atoms with Gasteiger partial charge in [0.05, 0.1) is 24.8 Å². The van der Waals surface area contributed by atoms with Gasteiger partial charge in [-0.3, -0.25) is 5.32 Å². The Labute approximate surface area is 192 Å². The van der Waals surface area contributed by atoms with Crippen LogP contribution in [0.1, 0.15) is 32.8 Å². The van der Waals surface area contributed by atoms with Gasteiger partial charge in [-0.05, 0) is 50.6 Å². The molecule has 1 N–H and O–H groups in total. The SMILES string of the molecule is C=CCC(C[N+]1=CC(c2ccc(NC(=O)OC)cc2N=O)=CC1=O)N(C)C(=O)OC(C)(C)C. The van der Waals surface area contributed by atoms with Gasteiger partial charge in [0.15, 0.2) is 12.8 Å². The molecule has 0 saturated carbocycles. The molecule has 10 nitrogen and oxygen atoms in total. The van der Waals surface area contributed by atoms with Crippen molar-refractivity contribution in [3.8, 4) is 0 Å². The number of hydrogen-bond acceptors (Lipinski definition) is 7. The van der Waals surface area contributed by atoms with Gasteiger partial charge < -0.3 is 14.4 Å². The molecule has 10 heteroatoms. The molecule has 0 aromatic heterocycles. The van der Waals surface area contributed by atoms with Crippen LogP contribution in [0, 0.1) is 4.91 Å². The predicted molar refractivity (Wildman–Crippen MR) is 125 cm³/mol. The Balaban J connectivity index is 2.25. The van der Waals surface area contributed by atoms with E-state index < -0.39 is 17.8 Å². The van der Waals surface area contributed by atoms with Crippen LogP contribution in [0.25, 0.3) is 5.57 Å². The molecule has 1 aromatic carbocycles. The van der Waals surface area contributed by atoms with Crippen molar-refractivity contribution in [1.29, 1.82) is 0 Å². The summed E-state index contributed by atoms with van der Waals surface area (Å²) in [4.78, 5) is 49.4. The quantitative estimate of drug-likeness (QED) is 0.357. The highest BCUT2D eigenvalue weighted by Gasteiger charge is 2.33. The molecule has 1 aliphatic rings. The van der Waals surface area contributed by atoms with Crippen LogP contribution in [0.4, 0.5) is 21.0 Å². The molecule has 0 radical (unpaired) electrons. The van der Waals surface area contributed by atoms with Crippen LogP contribution in [0.3, 0.4) is 0 Å². The second kappa shape index (κ2) is 10.7. The first-order valence-electron chi connectivity index (χ1n) is 10.3. The Morgan fingerprint density at radius 3 is 2.61 bits per heavy atom. The van der Waals surface area contributed by atoms with E-state index in [9.17, 15) is 19.3 Å². The van der Waals surface area contributed by atoms with Crippen LogP contribution in [0.5, 0.6) is 0 Å². The van der Waals surface area contributed by atoms with Crippen LogP contribution in [-0.2, 0) is 14.3 Å². The molecule has 2 rings (SSSR count). The normalized spacial score (nSPS) is 14.0. The second-order valence-corrected chi connectivity index (χ2v) is 8.43. The standard InChI is InChI=1S/C23H28N4O6/c1-7-8-17(26(5)22(30)33-23(2,3)4)14-27-13-15(11-20(27)28)18-10-9-16(12-19(18)25-31)24-21(29)32-6/h7,9-13,17H,1,8,14H2,2-6H3/p+1. The number of nitroso groups, excluding NO2 is 1. The maximum absolute atomic E-state index is 12.6. The van der Waals surface area contributed by atoms with Crippen molar-refractivity contribution in [2.24, 2.45) is 5.18 Å². The van der Waals surface area contributed by atoms with Gasteiger partial charge in [0.2, 0.25) is 0 Å². The fourth-order valence-corrected chi connectivity index (χ4v) is 3.13. The third kappa shape index (κ3) is 6.83. The first-order valence-corrected chi connectivity index (χ1v) is 10.3. The third-order valence-corrected chi connectivity index (χ3v) is 4.77. The fraction of sp³-hybridized carbons (Fsp3) is 0.391.